The Morgan fingerprint density at radius 3 is 2.73 bits per heavy atom. The van der Waals surface area contributed by atoms with Gasteiger partial charge in [0.05, 0.1) is 6.54 Å². The molecule has 0 spiro atoms. The second-order valence-corrected chi connectivity index (χ2v) is 6.79. The van der Waals surface area contributed by atoms with Gasteiger partial charge in [0, 0.05) is 32.3 Å². The molecule has 1 fully saturated rings. The molecule has 0 aliphatic heterocycles. The molecular weight excluding hydrogens is 276 g/mol. The molecule has 1 aliphatic carbocycles. The topological polar surface area (TPSA) is 48.9 Å². The fraction of sp³-hybridized carbons (Fsp3) is 0.941. The fourth-order valence-corrected chi connectivity index (χ4v) is 3.31. The van der Waals surface area contributed by atoms with Gasteiger partial charge in [0.25, 0.3) is 0 Å². The Balaban J connectivity index is 2.63. The summed E-state index contributed by atoms with van der Waals surface area (Å²) in [5, 5.41) is 6.75. The van der Waals surface area contributed by atoms with E-state index < -0.39 is 0 Å². The number of aliphatic imine (C=N–C) groups is 1. The van der Waals surface area contributed by atoms with Crippen molar-refractivity contribution >= 4 is 5.96 Å². The number of rotatable bonds is 8. The van der Waals surface area contributed by atoms with E-state index in [1.165, 1.54) is 25.7 Å². The van der Waals surface area contributed by atoms with Gasteiger partial charge in [-0.25, -0.2) is 0 Å². The van der Waals surface area contributed by atoms with Crippen molar-refractivity contribution in [2.24, 2.45) is 10.9 Å². The molecule has 0 radical (unpaired) electrons. The van der Waals surface area contributed by atoms with E-state index in [4.69, 9.17) is 9.73 Å². The molecule has 0 aromatic rings. The lowest BCUT2D eigenvalue weighted by molar-refractivity contribution is 0.0845. The van der Waals surface area contributed by atoms with Crippen LogP contribution in [0.25, 0.3) is 0 Å². The molecule has 0 aromatic heterocycles. The van der Waals surface area contributed by atoms with Crippen LogP contribution in [-0.2, 0) is 4.74 Å². The van der Waals surface area contributed by atoms with Crippen LogP contribution in [0.5, 0.6) is 0 Å². The minimum Gasteiger partial charge on any atom is -0.385 e. The molecule has 2 atom stereocenters. The summed E-state index contributed by atoms with van der Waals surface area (Å²) in [5.41, 5.74) is 0.215. The van der Waals surface area contributed by atoms with E-state index in [0.717, 1.165) is 44.5 Å². The zero-order valence-corrected chi connectivity index (χ0v) is 15.2. The van der Waals surface area contributed by atoms with Gasteiger partial charge in [0.2, 0.25) is 0 Å². The lowest BCUT2D eigenvalue weighted by Crippen LogP contribution is -2.51. The molecule has 0 saturated heterocycles. The van der Waals surface area contributed by atoms with E-state index in [0.29, 0.717) is 0 Å². The third-order valence-electron chi connectivity index (χ3n) is 4.71. The number of nitrogens with one attached hydrogen (secondary N) is 2. The zero-order chi connectivity index (χ0) is 16.4. The summed E-state index contributed by atoms with van der Waals surface area (Å²) >= 11 is 0. The van der Waals surface area contributed by atoms with Gasteiger partial charge in [0.1, 0.15) is 0 Å². The van der Waals surface area contributed by atoms with Crippen LogP contribution in [0.4, 0.5) is 0 Å². The minimum absolute atomic E-state index is 0.215. The van der Waals surface area contributed by atoms with E-state index in [1.54, 1.807) is 7.11 Å². The quantitative estimate of drug-likeness (QED) is 0.409. The predicted octanol–water partition coefficient (Wildman–Crippen LogP) is 2.09. The Labute approximate surface area is 136 Å². The first-order valence-corrected chi connectivity index (χ1v) is 8.72. The predicted molar refractivity (Wildman–Crippen MR) is 94.5 cm³/mol. The summed E-state index contributed by atoms with van der Waals surface area (Å²) in [6, 6.07) is 0. The molecular formula is C17H36N4O. The number of methoxy groups -OCH3 is 1. The lowest BCUT2D eigenvalue weighted by atomic mass is 9.75. The number of likely N-dealkylation sites (N-methyl/N-ethyl adjacent to an activating group) is 1. The van der Waals surface area contributed by atoms with E-state index in [-0.39, 0.29) is 5.54 Å². The molecule has 5 heteroatoms. The molecule has 130 valence electrons. The van der Waals surface area contributed by atoms with Crippen LogP contribution in [0.1, 0.15) is 46.0 Å². The summed E-state index contributed by atoms with van der Waals surface area (Å²) in [6.45, 7) is 7.91. The molecule has 0 heterocycles. The third kappa shape index (κ3) is 6.13. The summed E-state index contributed by atoms with van der Waals surface area (Å²) in [5.74, 6) is 1.72. The molecule has 0 aromatic carbocycles. The minimum atomic E-state index is 0.215. The first-order valence-electron chi connectivity index (χ1n) is 8.72. The van der Waals surface area contributed by atoms with Crippen LogP contribution in [0, 0.1) is 5.92 Å². The SMILES string of the molecule is CCNC(=NCC1(N(C)C)CCCC(C)C1)NCCCOC. The van der Waals surface area contributed by atoms with Crippen molar-refractivity contribution in [1.82, 2.24) is 15.5 Å². The van der Waals surface area contributed by atoms with Crippen molar-refractivity contribution < 1.29 is 4.74 Å². The van der Waals surface area contributed by atoms with E-state index in [1.807, 2.05) is 0 Å². The summed E-state index contributed by atoms with van der Waals surface area (Å²) in [4.78, 5) is 7.26. The molecule has 1 rings (SSSR count). The summed E-state index contributed by atoms with van der Waals surface area (Å²) in [6.07, 6.45) is 6.15. The number of hydrogen-bond donors (Lipinski definition) is 2. The van der Waals surface area contributed by atoms with Crippen molar-refractivity contribution in [2.75, 3.05) is 47.4 Å². The Kier molecular flexibility index (Phi) is 8.79. The van der Waals surface area contributed by atoms with E-state index >= 15 is 0 Å². The highest BCUT2D eigenvalue weighted by molar-refractivity contribution is 5.79. The monoisotopic (exact) mass is 312 g/mol. The zero-order valence-electron chi connectivity index (χ0n) is 15.2. The van der Waals surface area contributed by atoms with E-state index in [9.17, 15) is 0 Å². The Hall–Kier alpha value is -0.810. The van der Waals surface area contributed by atoms with Gasteiger partial charge >= 0.3 is 0 Å². The molecule has 2 N–H and O–H groups in total. The molecule has 0 amide bonds. The number of ether oxygens (including phenoxy) is 1. The maximum atomic E-state index is 5.09. The molecule has 2 unspecified atom stereocenters. The summed E-state index contributed by atoms with van der Waals surface area (Å²) in [7, 11) is 6.14. The molecule has 22 heavy (non-hydrogen) atoms. The second-order valence-electron chi connectivity index (χ2n) is 6.79. The van der Waals surface area contributed by atoms with Gasteiger partial charge in [-0.15, -0.1) is 0 Å². The summed E-state index contributed by atoms with van der Waals surface area (Å²) < 4.78 is 5.09. The van der Waals surface area contributed by atoms with Gasteiger partial charge in [-0.3, -0.25) is 4.99 Å². The highest BCUT2D eigenvalue weighted by Gasteiger charge is 2.36. The average Bonchev–Trinajstić information content (AvgIpc) is 2.49. The average molecular weight is 313 g/mol. The van der Waals surface area contributed by atoms with Gasteiger partial charge in [-0.1, -0.05) is 19.8 Å². The lowest BCUT2D eigenvalue weighted by Gasteiger charge is -2.44. The van der Waals surface area contributed by atoms with Crippen molar-refractivity contribution in [3.05, 3.63) is 0 Å². The van der Waals surface area contributed by atoms with Crippen molar-refractivity contribution in [3.63, 3.8) is 0 Å². The smallest absolute Gasteiger partial charge is 0.191 e. The van der Waals surface area contributed by atoms with Crippen LogP contribution >= 0.6 is 0 Å². The molecule has 1 aliphatic rings. The highest BCUT2D eigenvalue weighted by atomic mass is 16.5. The van der Waals surface area contributed by atoms with Crippen molar-refractivity contribution in [3.8, 4) is 0 Å². The molecule has 5 nitrogen and oxygen atoms in total. The van der Waals surface area contributed by atoms with Gasteiger partial charge in [-0.05, 0) is 46.2 Å². The molecule has 1 saturated carbocycles. The second kappa shape index (κ2) is 10.1. The first-order chi connectivity index (χ1) is 10.5. The van der Waals surface area contributed by atoms with Crippen LogP contribution in [0.2, 0.25) is 0 Å². The van der Waals surface area contributed by atoms with Crippen molar-refractivity contribution in [2.45, 2.75) is 51.5 Å². The van der Waals surface area contributed by atoms with Gasteiger partial charge in [-0.2, -0.15) is 0 Å². The Morgan fingerprint density at radius 1 is 1.36 bits per heavy atom. The maximum absolute atomic E-state index is 5.09. The highest BCUT2D eigenvalue weighted by Crippen LogP contribution is 2.35. The Bertz CT molecular complexity index is 333. The number of hydrogen-bond acceptors (Lipinski definition) is 3. The fourth-order valence-electron chi connectivity index (χ4n) is 3.31. The number of guanidine groups is 1. The first kappa shape index (κ1) is 19.2. The largest absolute Gasteiger partial charge is 0.385 e. The van der Waals surface area contributed by atoms with Crippen LogP contribution in [0.3, 0.4) is 0 Å². The normalized spacial score (nSPS) is 26.3. The van der Waals surface area contributed by atoms with Crippen LogP contribution in [0.15, 0.2) is 4.99 Å². The standard InChI is InChI=1S/C17H36N4O/c1-6-18-16(19-11-8-12-22-5)20-14-17(21(3)4)10-7-9-15(2)13-17/h15H,6-14H2,1-5H3,(H2,18,19,20). The van der Waals surface area contributed by atoms with Crippen LogP contribution in [-0.4, -0.2) is 63.8 Å². The Morgan fingerprint density at radius 2 is 2.14 bits per heavy atom. The van der Waals surface area contributed by atoms with Crippen LogP contribution < -0.4 is 10.6 Å². The van der Waals surface area contributed by atoms with Crippen molar-refractivity contribution in [1.29, 1.82) is 0 Å². The maximum Gasteiger partial charge on any atom is 0.191 e. The van der Waals surface area contributed by atoms with Gasteiger partial charge in [0.15, 0.2) is 5.96 Å². The van der Waals surface area contributed by atoms with Gasteiger partial charge < -0.3 is 20.3 Å². The third-order valence-corrected chi connectivity index (χ3v) is 4.71. The molecule has 0 bridgehead atoms. The van der Waals surface area contributed by atoms with E-state index in [2.05, 4.69) is 43.5 Å². The number of nitrogens with zero attached hydrogens (tertiary/aromatic N) is 2.